The van der Waals surface area contributed by atoms with Crippen LogP contribution in [-0.4, -0.2) is 3.90 Å². The second-order valence-corrected chi connectivity index (χ2v) is 12.9. The summed E-state index contributed by atoms with van der Waals surface area (Å²) in [6.07, 6.45) is 3.90. The van der Waals surface area contributed by atoms with Crippen molar-refractivity contribution in [1.29, 1.82) is 0 Å². The third-order valence-corrected chi connectivity index (χ3v) is 6.56. The summed E-state index contributed by atoms with van der Waals surface area (Å²) in [7, 11) is 0. The molecule has 0 radical (unpaired) electrons. The fourth-order valence-corrected chi connectivity index (χ4v) is 5.15. The molecular formula is C20H40W. The number of hydrogen-bond acceptors (Lipinski definition) is 0. The predicted octanol–water partition coefficient (Wildman–Crippen LogP) is 6.66. The van der Waals surface area contributed by atoms with E-state index in [0.717, 1.165) is 5.92 Å². The van der Waals surface area contributed by atoms with Crippen LogP contribution >= 0.6 is 0 Å². The van der Waals surface area contributed by atoms with Gasteiger partial charge in [0.2, 0.25) is 0 Å². The average molecular weight is 464 g/mol. The summed E-state index contributed by atoms with van der Waals surface area (Å²) >= 11 is 1.69. The van der Waals surface area contributed by atoms with Gasteiger partial charge in [0.05, 0.1) is 0 Å². The van der Waals surface area contributed by atoms with Gasteiger partial charge in [-0.1, -0.05) is 0 Å². The Kier molecular flexibility index (Phi) is 7.17. The predicted molar refractivity (Wildman–Crippen MR) is 94.5 cm³/mol. The topological polar surface area (TPSA) is 0 Å². The Morgan fingerprint density at radius 2 is 1.00 bits per heavy atom. The third kappa shape index (κ3) is 9.32. The van der Waals surface area contributed by atoms with Gasteiger partial charge in [-0.05, 0) is 0 Å². The van der Waals surface area contributed by atoms with E-state index in [4.69, 9.17) is 0 Å². The molecule has 0 saturated heterocycles. The maximum atomic E-state index is 2.50. The van der Waals surface area contributed by atoms with Crippen LogP contribution in [0.25, 0.3) is 0 Å². The average Bonchev–Trinajstić information content (AvgIpc) is 2.08. The molecule has 1 heteroatoms. The van der Waals surface area contributed by atoms with E-state index in [9.17, 15) is 0 Å². The number of hydrogen-bond donors (Lipinski definition) is 0. The molecule has 0 atom stereocenters. The second-order valence-electron chi connectivity index (χ2n) is 11.1. The Morgan fingerprint density at radius 1 is 0.667 bits per heavy atom. The summed E-state index contributed by atoms with van der Waals surface area (Å²) in [6, 6.07) is 0. The van der Waals surface area contributed by atoms with E-state index in [0.29, 0.717) is 21.7 Å². The monoisotopic (exact) mass is 464 g/mol. The Balaban J connectivity index is 5.32. The van der Waals surface area contributed by atoms with Crippen LogP contribution in [0, 0.1) is 27.6 Å². The quantitative estimate of drug-likeness (QED) is 0.427. The van der Waals surface area contributed by atoms with Crippen LogP contribution in [0.3, 0.4) is 0 Å². The zero-order chi connectivity index (χ0) is 17.3. The van der Waals surface area contributed by atoms with Crippen molar-refractivity contribution in [1.82, 2.24) is 0 Å². The van der Waals surface area contributed by atoms with E-state index in [-0.39, 0.29) is 0 Å². The van der Waals surface area contributed by atoms with Gasteiger partial charge in [0.15, 0.2) is 0 Å². The Hall–Kier alpha value is 0.558. The van der Waals surface area contributed by atoms with Crippen LogP contribution < -0.4 is 0 Å². The Morgan fingerprint density at radius 3 is 1.24 bits per heavy atom. The molecule has 0 unspecified atom stereocenters. The molecule has 0 amide bonds. The van der Waals surface area contributed by atoms with E-state index in [1.165, 1.54) is 19.3 Å². The third-order valence-electron chi connectivity index (χ3n) is 4.15. The molecule has 0 rings (SSSR count). The molecular weight excluding hydrogens is 424 g/mol. The van der Waals surface area contributed by atoms with Gasteiger partial charge in [-0.2, -0.15) is 0 Å². The van der Waals surface area contributed by atoms with E-state index in [1.54, 1.807) is 23.3 Å². The first-order chi connectivity index (χ1) is 8.94. The van der Waals surface area contributed by atoms with Gasteiger partial charge in [0, 0.05) is 0 Å². The maximum absolute atomic E-state index is 2.50. The van der Waals surface area contributed by atoms with E-state index >= 15 is 0 Å². The normalized spacial score (nSPS) is 14.7. The van der Waals surface area contributed by atoms with Crippen molar-refractivity contribution in [2.24, 2.45) is 27.6 Å². The summed E-state index contributed by atoms with van der Waals surface area (Å²) in [5.74, 6) is 0.771. The molecule has 0 N–H and O–H groups in total. The first-order valence-corrected chi connectivity index (χ1v) is 9.94. The molecule has 0 fully saturated rings. The van der Waals surface area contributed by atoms with Crippen LogP contribution in [0.15, 0.2) is 0 Å². The minimum atomic E-state index is 0.350. The molecule has 0 heterocycles. The molecule has 0 aromatic heterocycles. The summed E-state index contributed by atoms with van der Waals surface area (Å²) in [6.45, 7) is 26.5. The standard InChI is InChI=1S/C20H40.W/c1-17(2,3)12-13-20(10,11)16(14-18(4,5)6)15-19(7,8)9;/h16H,12,14-15H2,1-11H3;. The molecule has 0 nitrogen and oxygen atoms in total. The van der Waals surface area contributed by atoms with Crippen molar-refractivity contribution < 1.29 is 19.4 Å². The fraction of sp³-hybridized carbons (Fsp3) is 0.950. The van der Waals surface area contributed by atoms with Crippen LogP contribution in [-0.2, 0) is 19.4 Å². The van der Waals surface area contributed by atoms with Gasteiger partial charge < -0.3 is 0 Å². The van der Waals surface area contributed by atoms with Crippen molar-refractivity contribution in [2.45, 2.75) is 95.4 Å². The van der Waals surface area contributed by atoms with Crippen LogP contribution in [0.2, 0.25) is 0 Å². The number of rotatable bonds is 5. The zero-order valence-corrected chi connectivity index (χ0v) is 19.5. The SMILES string of the molecule is CC(C)(C)C[C](=[W])C(C)(C)C(CC(C)(C)C)CC(C)(C)C. The van der Waals surface area contributed by atoms with E-state index in [1.807, 2.05) is 0 Å². The summed E-state index contributed by atoms with van der Waals surface area (Å²) in [4.78, 5) is 0. The summed E-state index contributed by atoms with van der Waals surface area (Å²) in [5, 5.41) is 0. The molecule has 21 heavy (non-hydrogen) atoms. The summed E-state index contributed by atoms with van der Waals surface area (Å²) in [5.41, 5.74) is 1.57. The van der Waals surface area contributed by atoms with E-state index < -0.39 is 0 Å². The van der Waals surface area contributed by atoms with Crippen LogP contribution in [0.1, 0.15) is 95.4 Å². The van der Waals surface area contributed by atoms with E-state index in [2.05, 4.69) is 76.2 Å². The molecule has 0 aliphatic heterocycles. The summed E-state index contributed by atoms with van der Waals surface area (Å²) < 4.78 is 1.76. The first-order valence-electron chi connectivity index (χ1n) is 8.47. The molecule has 0 bridgehead atoms. The van der Waals surface area contributed by atoms with Gasteiger partial charge >= 0.3 is 146 Å². The molecule has 0 saturated carbocycles. The zero-order valence-electron chi connectivity index (χ0n) is 16.6. The van der Waals surface area contributed by atoms with Crippen molar-refractivity contribution in [2.75, 3.05) is 0 Å². The van der Waals surface area contributed by atoms with Crippen molar-refractivity contribution >= 4 is 3.90 Å². The first kappa shape index (κ1) is 21.6. The molecule has 0 aromatic rings. The van der Waals surface area contributed by atoms with Crippen molar-refractivity contribution in [3.8, 4) is 0 Å². The van der Waals surface area contributed by atoms with Crippen LogP contribution in [0.4, 0.5) is 0 Å². The van der Waals surface area contributed by atoms with Crippen molar-refractivity contribution in [3.63, 3.8) is 0 Å². The Bertz CT molecular complexity index is 326. The Labute approximate surface area is 146 Å². The van der Waals surface area contributed by atoms with Crippen LogP contribution in [0.5, 0.6) is 0 Å². The van der Waals surface area contributed by atoms with Gasteiger partial charge in [-0.3, -0.25) is 0 Å². The van der Waals surface area contributed by atoms with Gasteiger partial charge in [-0.25, -0.2) is 0 Å². The molecule has 0 aliphatic rings. The molecule has 0 aliphatic carbocycles. The molecule has 0 spiro atoms. The van der Waals surface area contributed by atoms with Gasteiger partial charge in [0.25, 0.3) is 0 Å². The molecule has 126 valence electrons. The fourth-order valence-electron chi connectivity index (χ4n) is 3.00. The van der Waals surface area contributed by atoms with Gasteiger partial charge in [0.1, 0.15) is 0 Å². The van der Waals surface area contributed by atoms with Crippen molar-refractivity contribution in [3.05, 3.63) is 0 Å². The second kappa shape index (κ2) is 6.98. The minimum absolute atomic E-state index is 0.350. The molecule has 0 aromatic carbocycles. The van der Waals surface area contributed by atoms with Gasteiger partial charge in [-0.15, -0.1) is 0 Å².